The van der Waals surface area contributed by atoms with Gasteiger partial charge in [-0.1, -0.05) is 49.6 Å². The molecule has 3 rings (SSSR count). The second kappa shape index (κ2) is 8.50. The van der Waals surface area contributed by atoms with Gasteiger partial charge in [-0.05, 0) is 38.2 Å². The lowest BCUT2D eigenvalue weighted by Gasteiger charge is -2.31. The normalized spacial score (nSPS) is 22.8. The summed E-state index contributed by atoms with van der Waals surface area (Å²) in [5, 5.41) is 3.12. The van der Waals surface area contributed by atoms with Crippen LogP contribution >= 0.6 is 0 Å². The Morgan fingerprint density at radius 3 is 2.64 bits per heavy atom. The van der Waals surface area contributed by atoms with Crippen LogP contribution in [0.1, 0.15) is 57.4 Å². The van der Waals surface area contributed by atoms with E-state index in [4.69, 9.17) is 0 Å². The van der Waals surface area contributed by atoms with E-state index in [-0.39, 0.29) is 23.8 Å². The Morgan fingerprint density at radius 1 is 1.20 bits per heavy atom. The van der Waals surface area contributed by atoms with Gasteiger partial charge in [0.1, 0.15) is 0 Å². The average Bonchev–Trinajstić information content (AvgIpc) is 3.03. The number of amides is 2. The van der Waals surface area contributed by atoms with Crippen molar-refractivity contribution in [2.75, 3.05) is 6.54 Å². The largest absolute Gasteiger partial charge is 0.353 e. The van der Waals surface area contributed by atoms with Crippen molar-refractivity contribution >= 4 is 11.8 Å². The number of benzene rings is 1. The van der Waals surface area contributed by atoms with Crippen molar-refractivity contribution in [1.82, 2.24) is 10.2 Å². The van der Waals surface area contributed by atoms with Crippen molar-refractivity contribution in [3.63, 3.8) is 0 Å². The minimum Gasteiger partial charge on any atom is -0.353 e. The quantitative estimate of drug-likeness (QED) is 0.862. The first-order valence-electron chi connectivity index (χ1n) is 9.77. The first-order chi connectivity index (χ1) is 12.1. The minimum absolute atomic E-state index is 0.0484. The third-order valence-electron chi connectivity index (χ3n) is 5.64. The molecule has 4 heteroatoms. The second-order valence-corrected chi connectivity index (χ2v) is 7.67. The molecule has 0 aromatic heterocycles. The van der Waals surface area contributed by atoms with Crippen molar-refractivity contribution < 1.29 is 9.59 Å². The maximum absolute atomic E-state index is 12.6. The molecule has 1 aromatic carbocycles. The average molecular weight is 342 g/mol. The van der Waals surface area contributed by atoms with Gasteiger partial charge < -0.3 is 10.2 Å². The van der Waals surface area contributed by atoms with Crippen LogP contribution in [-0.2, 0) is 16.0 Å². The van der Waals surface area contributed by atoms with Gasteiger partial charge in [0, 0.05) is 25.0 Å². The molecule has 2 aliphatic rings. The zero-order valence-electron chi connectivity index (χ0n) is 15.2. The Kier molecular flexibility index (Phi) is 6.11. The van der Waals surface area contributed by atoms with E-state index in [1.807, 2.05) is 23.1 Å². The zero-order valence-corrected chi connectivity index (χ0v) is 15.2. The lowest BCUT2D eigenvalue weighted by molar-refractivity contribution is -0.130. The summed E-state index contributed by atoms with van der Waals surface area (Å²) >= 11 is 0. The molecular weight excluding hydrogens is 312 g/mol. The van der Waals surface area contributed by atoms with E-state index >= 15 is 0 Å². The summed E-state index contributed by atoms with van der Waals surface area (Å²) in [5.41, 5.74) is 1.29. The number of aryl methyl sites for hydroxylation is 1. The van der Waals surface area contributed by atoms with E-state index in [0.717, 1.165) is 25.7 Å². The van der Waals surface area contributed by atoms with Gasteiger partial charge in [0.25, 0.3) is 0 Å². The van der Waals surface area contributed by atoms with Gasteiger partial charge in [0.2, 0.25) is 11.8 Å². The van der Waals surface area contributed by atoms with E-state index in [0.29, 0.717) is 19.0 Å². The highest BCUT2D eigenvalue weighted by Crippen LogP contribution is 2.28. The lowest BCUT2D eigenvalue weighted by Crippen LogP contribution is -2.41. The van der Waals surface area contributed by atoms with Crippen molar-refractivity contribution in [3.05, 3.63) is 35.9 Å². The van der Waals surface area contributed by atoms with Crippen molar-refractivity contribution in [1.29, 1.82) is 0 Å². The molecule has 1 saturated carbocycles. The van der Waals surface area contributed by atoms with E-state index in [1.54, 1.807) is 0 Å². The molecule has 136 valence electrons. The van der Waals surface area contributed by atoms with Crippen LogP contribution in [0.25, 0.3) is 0 Å². The number of rotatable bonds is 6. The van der Waals surface area contributed by atoms with Gasteiger partial charge in [-0.25, -0.2) is 0 Å². The van der Waals surface area contributed by atoms with Crippen LogP contribution in [0.2, 0.25) is 0 Å². The number of carbonyl (C=O) groups is 2. The smallest absolute Gasteiger partial charge is 0.225 e. The molecule has 0 unspecified atom stereocenters. The molecule has 2 atom stereocenters. The summed E-state index contributed by atoms with van der Waals surface area (Å²) < 4.78 is 0. The van der Waals surface area contributed by atoms with E-state index in [2.05, 4.69) is 24.4 Å². The predicted octanol–water partition coefficient (Wildman–Crippen LogP) is 3.31. The molecule has 1 N–H and O–H groups in total. The Labute approximate surface area is 151 Å². The Bertz CT molecular complexity index is 581. The summed E-state index contributed by atoms with van der Waals surface area (Å²) in [7, 11) is 0. The van der Waals surface area contributed by atoms with E-state index in [1.165, 1.54) is 24.8 Å². The van der Waals surface area contributed by atoms with Crippen LogP contribution in [0, 0.1) is 5.92 Å². The molecular formula is C21H30N2O2. The van der Waals surface area contributed by atoms with E-state index < -0.39 is 0 Å². The van der Waals surface area contributed by atoms with Gasteiger partial charge in [-0.3, -0.25) is 9.59 Å². The van der Waals surface area contributed by atoms with Crippen LogP contribution in [0.3, 0.4) is 0 Å². The fourth-order valence-electron chi connectivity index (χ4n) is 4.11. The fraction of sp³-hybridized carbons (Fsp3) is 0.619. The second-order valence-electron chi connectivity index (χ2n) is 7.67. The van der Waals surface area contributed by atoms with Crippen LogP contribution in [0.4, 0.5) is 0 Å². The Balaban J connectivity index is 1.45. The summed E-state index contributed by atoms with van der Waals surface area (Å²) in [5.74, 6) is 0.0461. The highest BCUT2D eigenvalue weighted by Gasteiger charge is 2.38. The molecule has 1 aliphatic heterocycles. The Hall–Kier alpha value is -1.84. The maximum atomic E-state index is 12.6. The van der Waals surface area contributed by atoms with Gasteiger partial charge >= 0.3 is 0 Å². The molecule has 25 heavy (non-hydrogen) atoms. The minimum atomic E-state index is -0.173. The summed E-state index contributed by atoms with van der Waals surface area (Å²) in [4.78, 5) is 26.9. The summed E-state index contributed by atoms with van der Waals surface area (Å²) in [6.07, 6.45) is 8.17. The standard InChI is InChI=1S/C21H30N2O2/c1-16(12-13-17-8-4-2-5-9-17)22-21(25)18-14-20(24)23(15-18)19-10-6-3-7-11-19/h2,4-5,8-9,16,18-19H,3,6-7,10-15H2,1H3,(H,22,25)/t16-,18-/m1/s1. The van der Waals surface area contributed by atoms with Crippen molar-refractivity contribution in [3.8, 4) is 0 Å². The molecule has 4 nitrogen and oxygen atoms in total. The van der Waals surface area contributed by atoms with Gasteiger partial charge in [0.15, 0.2) is 0 Å². The topological polar surface area (TPSA) is 49.4 Å². The van der Waals surface area contributed by atoms with Crippen LogP contribution in [-0.4, -0.2) is 35.3 Å². The molecule has 0 spiro atoms. The van der Waals surface area contributed by atoms with Crippen LogP contribution in [0.5, 0.6) is 0 Å². The molecule has 1 heterocycles. The van der Waals surface area contributed by atoms with Crippen LogP contribution < -0.4 is 5.32 Å². The first-order valence-corrected chi connectivity index (χ1v) is 9.77. The van der Waals surface area contributed by atoms with Crippen LogP contribution in [0.15, 0.2) is 30.3 Å². The van der Waals surface area contributed by atoms with Crippen molar-refractivity contribution in [2.45, 2.75) is 70.4 Å². The molecule has 2 fully saturated rings. The molecule has 0 bridgehead atoms. The molecule has 2 amide bonds. The van der Waals surface area contributed by atoms with Gasteiger partial charge in [0.05, 0.1) is 5.92 Å². The highest BCUT2D eigenvalue weighted by atomic mass is 16.2. The zero-order chi connectivity index (χ0) is 17.6. The number of nitrogens with one attached hydrogen (secondary N) is 1. The third-order valence-corrected chi connectivity index (χ3v) is 5.64. The Morgan fingerprint density at radius 2 is 1.92 bits per heavy atom. The molecule has 1 saturated heterocycles. The third kappa shape index (κ3) is 4.83. The van der Waals surface area contributed by atoms with Gasteiger partial charge in [-0.15, -0.1) is 0 Å². The number of hydrogen-bond donors (Lipinski definition) is 1. The number of likely N-dealkylation sites (tertiary alicyclic amines) is 1. The molecule has 1 aromatic rings. The molecule has 0 radical (unpaired) electrons. The monoisotopic (exact) mass is 342 g/mol. The summed E-state index contributed by atoms with van der Waals surface area (Å²) in [6.45, 7) is 2.66. The maximum Gasteiger partial charge on any atom is 0.225 e. The number of hydrogen-bond acceptors (Lipinski definition) is 2. The lowest BCUT2D eigenvalue weighted by atomic mass is 9.94. The number of carbonyl (C=O) groups excluding carboxylic acids is 2. The molecule has 1 aliphatic carbocycles. The number of nitrogens with zero attached hydrogens (tertiary/aromatic N) is 1. The summed E-state index contributed by atoms with van der Waals surface area (Å²) in [6, 6.07) is 10.8. The van der Waals surface area contributed by atoms with E-state index in [9.17, 15) is 9.59 Å². The predicted molar refractivity (Wildman–Crippen MR) is 99.1 cm³/mol. The SMILES string of the molecule is C[C@H](CCc1ccccc1)NC(=O)[C@@H]1CC(=O)N(C2CCCCC2)C1. The highest BCUT2D eigenvalue weighted by molar-refractivity contribution is 5.89. The first kappa shape index (κ1) is 18.0. The van der Waals surface area contributed by atoms with Gasteiger partial charge in [-0.2, -0.15) is 0 Å². The van der Waals surface area contributed by atoms with Crippen molar-refractivity contribution in [2.24, 2.45) is 5.92 Å². The fourth-order valence-corrected chi connectivity index (χ4v) is 4.11.